The highest BCUT2D eigenvalue weighted by Gasteiger charge is 2.15. The molecule has 0 fully saturated rings. The fourth-order valence-corrected chi connectivity index (χ4v) is 2.49. The van der Waals surface area contributed by atoms with Crippen molar-refractivity contribution in [2.75, 3.05) is 0 Å². The Balaban J connectivity index is 2.25. The van der Waals surface area contributed by atoms with E-state index in [4.69, 9.17) is 4.74 Å². The minimum Gasteiger partial charge on any atom is -0.420 e. The van der Waals surface area contributed by atoms with Gasteiger partial charge in [0.05, 0.1) is 5.56 Å². The highest BCUT2D eigenvalue weighted by atomic mass is 79.9. The molecule has 0 bridgehead atoms. The zero-order valence-corrected chi connectivity index (χ0v) is 13.4. The summed E-state index contributed by atoms with van der Waals surface area (Å²) in [6.07, 6.45) is 0. The first-order chi connectivity index (χ1) is 8.97. The van der Waals surface area contributed by atoms with E-state index in [0.29, 0.717) is 20.5 Å². The molecule has 0 amide bonds. The highest BCUT2D eigenvalue weighted by Crippen LogP contribution is 2.24. The average Bonchev–Trinajstić information content (AvgIpc) is 2.32. The second-order valence-corrected chi connectivity index (χ2v) is 5.42. The van der Waals surface area contributed by atoms with E-state index in [1.807, 2.05) is 13.8 Å². The normalized spacial score (nSPS) is 10.3. The largest absolute Gasteiger partial charge is 0.420 e. The molecule has 6 heteroatoms. The average molecular weight is 386 g/mol. The molecule has 2 aromatic rings. The number of nitrogens with zero attached hydrogens (tertiary/aromatic N) is 2. The van der Waals surface area contributed by atoms with Crippen molar-refractivity contribution in [2.45, 2.75) is 13.8 Å². The summed E-state index contributed by atoms with van der Waals surface area (Å²) in [7, 11) is 0. The maximum atomic E-state index is 12.0. The number of ether oxygens (including phenoxy) is 1. The minimum absolute atomic E-state index is 0.373. The van der Waals surface area contributed by atoms with Crippen LogP contribution in [0.1, 0.15) is 21.7 Å². The van der Waals surface area contributed by atoms with E-state index in [1.54, 1.807) is 24.3 Å². The van der Waals surface area contributed by atoms with E-state index < -0.39 is 5.97 Å². The number of hydrogen-bond acceptors (Lipinski definition) is 4. The quantitative estimate of drug-likeness (QED) is 0.582. The SMILES string of the molecule is Cc1ccc(OC(=O)c2ccc(C)nc2Br)c(Br)n1. The van der Waals surface area contributed by atoms with Gasteiger partial charge in [-0.25, -0.2) is 14.8 Å². The minimum atomic E-state index is -0.481. The number of carbonyl (C=O) groups is 1. The maximum Gasteiger partial charge on any atom is 0.346 e. The standard InChI is InChI=1S/C13H10Br2N2O2/c1-7-3-5-9(11(14)16-7)13(18)19-10-6-4-8(2)17-12(10)15/h3-6H,1-2H3. The van der Waals surface area contributed by atoms with Crippen molar-refractivity contribution < 1.29 is 9.53 Å². The van der Waals surface area contributed by atoms with Gasteiger partial charge in [0.1, 0.15) is 9.21 Å². The number of pyridine rings is 2. The zero-order chi connectivity index (χ0) is 14.0. The number of halogens is 2. The van der Waals surface area contributed by atoms with Gasteiger partial charge in [-0.1, -0.05) is 0 Å². The van der Waals surface area contributed by atoms with Crippen LogP contribution in [0.15, 0.2) is 33.5 Å². The van der Waals surface area contributed by atoms with Gasteiger partial charge in [0.15, 0.2) is 5.75 Å². The van der Waals surface area contributed by atoms with Crippen LogP contribution in [-0.4, -0.2) is 15.9 Å². The predicted molar refractivity (Wildman–Crippen MR) is 78.3 cm³/mol. The molecule has 0 saturated heterocycles. The summed E-state index contributed by atoms with van der Waals surface area (Å²) in [4.78, 5) is 20.4. The fourth-order valence-electron chi connectivity index (χ4n) is 1.42. The van der Waals surface area contributed by atoms with Crippen LogP contribution in [0.5, 0.6) is 5.75 Å². The Bertz CT molecular complexity index is 645. The topological polar surface area (TPSA) is 52.1 Å². The number of hydrogen-bond donors (Lipinski definition) is 0. The molecule has 0 aliphatic rings. The molecule has 0 aromatic carbocycles. The summed E-state index contributed by atoms with van der Waals surface area (Å²) in [6.45, 7) is 3.71. The summed E-state index contributed by atoms with van der Waals surface area (Å²) in [5.41, 5.74) is 2.03. The summed E-state index contributed by atoms with van der Waals surface area (Å²) in [5.74, 6) is -0.103. The molecule has 0 unspecified atom stereocenters. The fraction of sp³-hybridized carbons (Fsp3) is 0.154. The van der Waals surface area contributed by atoms with E-state index in [1.165, 1.54) is 0 Å². The van der Waals surface area contributed by atoms with Crippen molar-refractivity contribution in [3.8, 4) is 5.75 Å². The maximum absolute atomic E-state index is 12.0. The van der Waals surface area contributed by atoms with E-state index in [-0.39, 0.29) is 0 Å². The highest BCUT2D eigenvalue weighted by molar-refractivity contribution is 9.10. The Labute approximate surface area is 127 Å². The van der Waals surface area contributed by atoms with E-state index in [2.05, 4.69) is 41.8 Å². The van der Waals surface area contributed by atoms with Crippen LogP contribution < -0.4 is 4.74 Å². The Hall–Kier alpha value is -1.27. The van der Waals surface area contributed by atoms with Crippen molar-refractivity contribution in [1.29, 1.82) is 0 Å². The summed E-state index contributed by atoms with van der Waals surface area (Å²) < 4.78 is 6.25. The van der Waals surface area contributed by atoms with Crippen LogP contribution in [0.2, 0.25) is 0 Å². The second-order valence-electron chi connectivity index (χ2n) is 3.92. The van der Waals surface area contributed by atoms with Crippen LogP contribution in [0.4, 0.5) is 0 Å². The van der Waals surface area contributed by atoms with Gasteiger partial charge in [-0.3, -0.25) is 0 Å². The molecule has 0 aliphatic heterocycles. The molecular weight excluding hydrogens is 376 g/mol. The molecule has 2 aromatic heterocycles. The van der Waals surface area contributed by atoms with Crippen LogP contribution in [0, 0.1) is 13.8 Å². The van der Waals surface area contributed by atoms with Gasteiger partial charge >= 0.3 is 5.97 Å². The number of carbonyl (C=O) groups excluding carboxylic acids is 1. The van der Waals surface area contributed by atoms with Crippen molar-refractivity contribution in [1.82, 2.24) is 9.97 Å². The molecule has 0 saturated carbocycles. The number of esters is 1. The van der Waals surface area contributed by atoms with Crippen molar-refractivity contribution in [3.63, 3.8) is 0 Å². The van der Waals surface area contributed by atoms with Gasteiger partial charge in [-0.05, 0) is 70.0 Å². The van der Waals surface area contributed by atoms with Crippen LogP contribution in [0.3, 0.4) is 0 Å². The Kier molecular flexibility index (Phi) is 4.31. The first kappa shape index (κ1) is 14.1. The third-order valence-electron chi connectivity index (χ3n) is 2.36. The lowest BCUT2D eigenvalue weighted by Gasteiger charge is -2.07. The van der Waals surface area contributed by atoms with Gasteiger partial charge in [-0.2, -0.15) is 0 Å². The number of aromatic nitrogens is 2. The predicted octanol–water partition coefficient (Wildman–Crippen LogP) is 3.84. The van der Waals surface area contributed by atoms with E-state index >= 15 is 0 Å². The Morgan fingerprint density at radius 3 is 2.16 bits per heavy atom. The van der Waals surface area contributed by atoms with E-state index in [0.717, 1.165) is 11.4 Å². The first-order valence-corrected chi connectivity index (χ1v) is 7.04. The van der Waals surface area contributed by atoms with Gasteiger partial charge in [0.2, 0.25) is 0 Å². The Morgan fingerprint density at radius 1 is 1.00 bits per heavy atom. The smallest absolute Gasteiger partial charge is 0.346 e. The molecule has 98 valence electrons. The van der Waals surface area contributed by atoms with Crippen LogP contribution >= 0.6 is 31.9 Å². The number of rotatable bonds is 2. The molecule has 0 N–H and O–H groups in total. The molecular formula is C13H10Br2N2O2. The van der Waals surface area contributed by atoms with Crippen molar-refractivity contribution >= 4 is 37.8 Å². The summed E-state index contributed by atoms with van der Waals surface area (Å²) in [6, 6.07) is 6.89. The molecule has 0 atom stereocenters. The summed E-state index contributed by atoms with van der Waals surface area (Å²) >= 11 is 6.51. The molecule has 0 spiro atoms. The lowest BCUT2D eigenvalue weighted by molar-refractivity contribution is 0.0731. The lowest BCUT2D eigenvalue weighted by atomic mass is 10.2. The van der Waals surface area contributed by atoms with E-state index in [9.17, 15) is 4.79 Å². The van der Waals surface area contributed by atoms with Gasteiger partial charge in [0, 0.05) is 11.4 Å². The van der Waals surface area contributed by atoms with Gasteiger partial charge in [0.25, 0.3) is 0 Å². The lowest BCUT2D eigenvalue weighted by Crippen LogP contribution is -2.11. The van der Waals surface area contributed by atoms with Crippen molar-refractivity contribution in [3.05, 3.63) is 50.4 Å². The van der Waals surface area contributed by atoms with Crippen LogP contribution in [0.25, 0.3) is 0 Å². The van der Waals surface area contributed by atoms with Gasteiger partial charge < -0.3 is 4.74 Å². The Morgan fingerprint density at radius 2 is 1.58 bits per heavy atom. The zero-order valence-electron chi connectivity index (χ0n) is 10.3. The van der Waals surface area contributed by atoms with Crippen LogP contribution in [-0.2, 0) is 0 Å². The molecule has 0 aliphatic carbocycles. The molecule has 2 rings (SSSR count). The number of aryl methyl sites for hydroxylation is 2. The molecule has 0 radical (unpaired) electrons. The summed E-state index contributed by atoms with van der Waals surface area (Å²) in [5, 5.41) is 0. The van der Waals surface area contributed by atoms with Gasteiger partial charge in [-0.15, -0.1) is 0 Å². The second kappa shape index (κ2) is 5.79. The molecule has 19 heavy (non-hydrogen) atoms. The first-order valence-electron chi connectivity index (χ1n) is 5.46. The third kappa shape index (κ3) is 3.39. The third-order valence-corrected chi connectivity index (χ3v) is 3.54. The monoisotopic (exact) mass is 384 g/mol. The molecule has 4 nitrogen and oxygen atoms in total. The molecule has 2 heterocycles. The van der Waals surface area contributed by atoms with Crippen molar-refractivity contribution in [2.24, 2.45) is 0 Å².